The van der Waals surface area contributed by atoms with E-state index in [1.54, 1.807) is 5.56 Å². The van der Waals surface area contributed by atoms with E-state index in [9.17, 15) is 0 Å². The number of nitrogens with zero attached hydrogens (tertiary/aromatic N) is 1. The van der Waals surface area contributed by atoms with Crippen LogP contribution in [0.15, 0.2) is 12.1 Å². The largest absolute Gasteiger partial charge is 0.381 e. The smallest absolute Gasteiger partial charge is 0.0506 e. The molecule has 0 saturated heterocycles. The van der Waals surface area contributed by atoms with Gasteiger partial charge < -0.3 is 15.0 Å². The summed E-state index contributed by atoms with van der Waals surface area (Å²) in [5.74, 6) is 0. The Morgan fingerprint density at radius 1 is 1.33 bits per heavy atom. The molecule has 18 heavy (non-hydrogen) atoms. The zero-order chi connectivity index (χ0) is 12.4. The van der Waals surface area contributed by atoms with Gasteiger partial charge in [0.25, 0.3) is 0 Å². The van der Waals surface area contributed by atoms with Gasteiger partial charge in [-0.15, -0.1) is 0 Å². The van der Waals surface area contributed by atoms with Crippen LogP contribution >= 0.6 is 0 Å². The van der Waals surface area contributed by atoms with E-state index >= 15 is 0 Å². The molecule has 0 saturated carbocycles. The van der Waals surface area contributed by atoms with Gasteiger partial charge in [-0.05, 0) is 36.5 Å². The fraction of sp³-hybridized carbons (Fsp3) is 0.600. The minimum atomic E-state index is 0.816. The monoisotopic (exact) mass is 246 g/mol. The van der Waals surface area contributed by atoms with Crippen LogP contribution in [0.2, 0.25) is 0 Å². The SMILES string of the molecule is CCOCCc1ccc2c3c1CCN3CCNC2. The average molecular weight is 246 g/mol. The van der Waals surface area contributed by atoms with Crippen molar-refractivity contribution in [2.75, 3.05) is 37.7 Å². The van der Waals surface area contributed by atoms with Crippen LogP contribution in [0.4, 0.5) is 5.69 Å². The molecule has 0 aliphatic carbocycles. The van der Waals surface area contributed by atoms with Gasteiger partial charge in [0.1, 0.15) is 0 Å². The Morgan fingerprint density at radius 2 is 2.28 bits per heavy atom. The predicted molar refractivity (Wildman–Crippen MR) is 74.3 cm³/mol. The summed E-state index contributed by atoms with van der Waals surface area (Å²) in [6.07, 6.45) is 2.27. The van der Waals surface area contributed by atoms with E-state index in [1.165, 1.54) is 29.8 Å². The van der Waals surface area contributed by atoms with Gasteiger partial charge in [-0.2, -0.15) is 0 Å². The summed E-state index contributed by atoms with van der Waals surface area (Å²) in [5.41, 5.74) is 6.07. The number of benzene rings is 1. The lowest BCUT2D eigenvalue weighted by atomic mass is 9.98. The van der Waals surface area contributed by atoms with Crippen molar-refractivity contribution in [3.05, 3.63) is 28.8 Å². The Kier molecular flexibility index (Phi) is 3.52. The molecule has 3 heteroatoms. The molecule has 2 aliphatic heterocycles. The maximum absolute atomic E-state index is 5.49. The highest BCUT2D eigenvalue weighted by Crippen LogP contribution is 2.35. The zero-order valence-corrected chi connectivity index (χ0v) is 11.2. The molecule has 1 aromatic rings. The van der Waals surface area contributed by atoms with Gasteiger partial charge in [0.2, 0.25) is 0 Å². The second kappa shape index (κ2) is 5.29. The number of hydrogen-bond acceptors (Lipinski definition) is 3. The van der Waals surface area contributed by atoms with Gasteiger partial charge in [-0.1, -0.05) is 12.1 Å². The quantitative estimate of drug-likeness (QED) is 0.819. The van der Waals surface area contributed by atoms with Crippen molar-refractivity contribution < 1.29 is 4.74 Å². The second-order valence-electron chi connectivity index (χ2n) is 5.07. The second-order valence-corrected chi connectivity index (χ2v) is 5.07. The van der Waals surface area contributed by atoms with Crippen LogP contribution < -0.4 is 10.2 Å². The minimum Gasteiger partial charge on any atom is -0.381 e. The Morgan fingerprint density at radius 3 is 3.17 bits per heavy atom. The third-order valence-corrected chi connectivity index (χ3v) is 4.01. The topological polar surface area (TPSA) is 24.5 Å². The molecule has 0 aromatic heterocycles. The highest BCUT2D eigenvalue weighted by molar-refractivity contribution is 5.66. The molecule has 1 N–H and O–H groups in total. The summed E-state index contributed by atoms with van der Waals surface area (Å²) in [4.78, 5) is 2.55. The molecule has 0 amide bonds. The fourth-order valence-electron chi connectivity index (χ4n) is 3.12. The highest BCUT2D eigenvalue weighted by Gasteiger charge is 2.25. The summed E-state index contributed by atoms with van der Waals surface area (Å²) < 4.78 is 5.49. The van der Waals surface area contributed by atoms with Gasteiger partial charge >= 0.3 is 0 Å². The van der Waals surface area contributed by atoms with Crippen LogP contribution in [-0.2, 0) is 24.1 Å². The normalized spacial score (nSPS) is 17.7. The lowest BCUT2D eigenvalue weighted by Gasteiger charge is -2.19. The molecule has 3 nitrogen and oxygen atoms in total. The summed E-state index contributed by atoms with van der Waals surface area (Å²) >= 11 is 0. The van der Waals surface area contributed by atoms with Crippen LogP contribution in [0.25, 0.3) is 0 Å². The van der Waals surface area contributed by atoms with Gasteiger partial charge in [-0.25, -0.2) is 0 Å². The summed E-state index contributed by atoms with van der Waals surface area (Å²) in [6, 6.07) is 4.61. The first kappa shape index (κ1) is 12.0. The van der Waals surface area contributed by atoms with Gasteiger partial charge in [-0.3, -0.25) is 0 Å². The van der Waals surface area contributed by atoms with Crippen LogP contribution in [0.5, 0.6) is 0 Å². The Bertz CT molecular complexity index is 431. The van der Waals surface area contributed by atoms with E-state index in [0.717, 1.165) is 39.3 Å². The van der Waals surface area contributed by atoms with Crippen LogP contribution in [0.3, 0.4) is 0 Å². The molecular formula is C15H22N2O. The molecule has 1 aromatic carbocycles. The maximum Gasteiger partial charge on any atom is 0.0506 e. The summed E-state index contributed by atoms with van der Waals surface area (Å²) in [7, 11) is 0. The number of anilines is 1. The lowest BCUT2D eigenvalue weighted by Crippen LogP contribution is -2.27. The van der Waals surface area contributed by atoms with E-state index in [-0.39, 0.29) is 0 Å². The molecule has 2 aliphatic rings. The summed E-state index contributed by atoms with van der Waals surface area (Å²) in [6.45, 7) is 8.18. The minimum absolute atomic E-state index is 0.816. The number of rotatable bonds is 4. The van der Waals surface area contributed by atoms with Crippen molar-refractivity contribution in [1.29, 1.82) is 0 Å². The molecule has 0 unspecified atom stereocenters. The summed E-state index contributed by atoms with van der Waals surface area (Å²) in [5, 5.41) is 3.50. The Labute approximate surface area is 109 Å². The van der Waals surface area contributed by atoms with E-state index < -0.39 is 0 Å². The molecule has 3 rings (SSSR count). The van der Waals surface area contributed by atoms with Crippen molar-refractivity contribution in [2.45, 2.75) is 26.3 Å². The molecule has 0 bridgehead atoms. The lowest BCUT2D eigenvalue weighted by molar-refractivity contribution is 0.151. The van der Waals surface area contributed by atoms with E-state index in [2.05, 4.69) is 29.3 Å². The van der Waals surface area contributed by atoms with Crippen molar-refractivity contribution in [3.8, 4) is 0 Å². The predicted octanol–water partition coefficient (Wildman–Crippen LogP) is 1.73. The fourth-order valence-corrected chi connectivity index (χ4v) is 3.12. The molecule has 0 atom stereocenters. The van der Waals surface area contributed by atoms with Crippen molar-refractivity contribution >= 4 is 5.69 Å². The maximum atomic E-state index is 5.49. The first-order valence-electron chi connectivity index (χ1n) is 7.07. The molecule has 0 spiro atoms. The molecule has 0 radical (unpaired) electrons. The van der Waals surface area contributed by atoms with E-state index in [1.807, 2.05) is 0 Å². The zero-order valence-electron chi connectivity index (χ0n) is 11.2. The van der Waals surface area contributed by atoms with E-state index in [4.69, 9.17) is 4.74 Å². The van der Waals surface area contributed by atoms with Crippen LogP contribution in [0.1, 0.15) is 23.6 Å². The molecule has 0 fully saturated rings. The van der Waals surface area contributed by atoms with Gasteiger partial charge in [0.15, 0.2) is 0 Å². The molecule has 98 valence electrons. The number of nitrogens with one attached hydrogen (secondary N) is 1. The van der Waals surface area contributed by atoms with Gasteiger partial charge in [0, 0.05) is 38.5 Å². The third-order valence-electron chi connectivity index (χ3n) is 4.01. The van der Waals surface area contributed by atoms with Crippen LogP contribution in [-0.4, -0.2) is 32.8 Å². The standard InChI is InChI=1S/C15H22N2O/c1-2-18-10-6-12-3-4-13-11-16-7-9-17-8-5-14(12)15(13)17/h3-4,16H,2,5-11H2,1H3. The number of ether oxygens (including phenoxy) is 1. The Balaban J connectivity index is 1.88. The van der Waals surface area contributed by atoms with Crippen molar-refractivity contribution in [1.82, 2.24) is 5.32 Å². The molecule has 2 heterocycles. The van der Waals surface area contributed by atoms with Crippen molar-refractivity contribution in [2.24, 2.45) is 0 Å². The number of hydrogen-bond donors (Lipinski definition) is 1. The average Bonchev–Trinajstić information content (AvgIpc) is 2.70. The van der Waals surface area contributed by atoms with Gasteiger partial charge in [0.05, 0.1) is 6.61 Å². The first-order valence-corrected chi connectivity index (χ1v) is 7.07. The highest BCUT2D eigenvalue weighted by atomic mass is 16.5. The third kappa shape index (κ3) is 2.13. The Hall–Kier alpha value is -1.06. The van der Waals surface area contributed by atoms with E-state index in [0.29, 0.717) is 0 Å². The molecular weight excluding hydrogens is 224 g/mol. The van der Waals surface area contributed by atoms with Crippen molar-refractivity contribution in [3.63, 3.8) is 0 Å². The van der Waals surface area contributed by atoms with Crippen LogP contribution in [0, 0.1) is 0 Å². The first-order chi connectivity index (χ1) is 8.90.